The number of hydrogen-bond acceptors (Lipinski definition) is 6. The van der Waals surface area contributed by atoms with Crippen molar-refractivity contribution in [1.29, 1.82) is 0 Å². The second-order valence-electron chi connectivity index (χ2n) is 10.3. The first kappa shape index (κ1) is 26.4. The molecule has 2 saturated heterocycles. The second-order valence-corrected chi connectivity index (χ2v) is 10.3. The molecule has 4 rings (SSSR count). The van der Waals surface area contributed by atoms with Crippen LogP contribution in [0.1, 0.15) is 47.9 Å². The predicted molar refractivity (Wildman–Crippen MR) is 144 cm³/mol. The van der Waals surface area contributed by atoms with Gasteiger partial charge in [-0.3, -0.25) is 9.80 Å². The summed E-state index contributed by atoms with van der Waals surface area (Å²) in [6.45, 7) is 12.2. The van der Waals surface area contributed by atoms with E-state index in [1.807, 2.05) is 24.3 Å². The second kappa shape index (κ2) is 12.1. The Bertz CT molecular complexity index is 1070. The van der Waals surface area contributed by atoms with Gasteiger partial charge in [0.25, 0.3) is 0 Å². The maximum absolute atomic E-state index is 11.4. The summed E-state index contributed by atoms with van der Waals surface area (Å²) in [6, 6.07) is 8.01. The van der Waals surface area contributed by atoms with E-state index in [4.69, 9.17) is 0 Å². The molecule has 2 heterocycles. The first-order chi connectivity index (χ1) is 17.4. The van der Waals surface area contributed by atoms with E-state index in [-0.39, 0.29) is 23.7 Å². The van der Waals surface area contributed by atoms with Gasteiger partial charge in [0.2, 0.25) is 0 Å². The van der Waals surface area contributed by atoms with Crippen molar-refractivity contribution in [3.63, 3.8) is 0 Å². The average Bonchev–Trinajstić information content (AvgIpc) is 2.86. The van der Waals surface area contributed by atoms with Crippen LogP contribution in [0.4, 0.5) is 0 Å². The number of phenols is 2. The fourth-order valence-corrected chi connectivity index (χ4v) is 5.37. The molecule has 0 spiro atoms. The minimum atomic E-state index is -0.247. The largest absolute Gasteiger partial charge is 0.507 e. The van der Waals surface area contributed by atoms with Crippen molar-refractivity contribution < 1.29 is 20.4 Å². The van der Waals surface area contributed by atoms with Crippen LogP contribution in [0.15, 0.2) is 49.6 Å². The topological polar surface area (TPSA) is 87.4 Å². The van der Waals surface area contributed by atoms with E-state index < -0.39 is 0 Å². The molecule has 0 saturated carbocycles. The highest BCUT2D eigenvalue weighted by molar-refractivity contribution is 5.75. The van der Waals surface area contributed by atoms with Crippen LogP contribution in [-0.2, 0) is 25.9 Å². The predicted octanol–water partition coefficient (Wildman–Crippen LogP) is 4.14. The van der Waals surface area contributed by atoms with Crippen LogP contribution in [-0.4, -0.2) is 68.6 Å². The third-order valence-electron chi connectivity index (χ3n) is 7.47. The summed E-state index contributed by atoms with van der Waals surface area (Å²) in [5.41, 5.74) is 5.17. The summed E-state index contributed by atoms with van der Waals surface area (Å²) >= 11 is 0. The molecule has 2 aliphatic rings. The lowest BCUT2D eigenvalue weighted by Gasteiger charge is -2.30. The molecule has 0 unspecified atom stereocenters. The molecule has 0 bridgehead atoms. The zero-order chi connectivity index (χ0) is 25.7. The van der Waals surface area contributed by atoms with E-state index in [9.17, 15) is 20.4 Å². The molecule has 2 aliphatic heterocycles. The maximum atomic E-state index is 11.4. The fourth-order valence-electron chi connectivity index (χ4n) is 5.37. The summed E-state index contributed by atoms with van der Waals surface area (Å²) in [5, 5.41) is 42.2. The molecule has 6 heteroatoms. The third kappa shape index (κ3) is 6.37. The minimum Gasteiger partial charge on any atom is -0.507 e. The van der Waals surface area contributed by atoms with Gasteiger partial charge in [0.1, 0.15) is 11.5 Å². The average molecular weight is 493 g/mol. The van der Waals surface area contributed by atoms with E-state index >= 15 is 0 Å². The zero-order valence-electron chi connectivity index (χ0n) is 21.2. The number of rotatable bonds is 9. The van der Waals surface area contributed by atoms with Gasteiger partial charge in [0.15, 0.2) is 0 Å². The fraction of sp³-hybridized carbons (Fsp3) is 0.467. The van der Waals surface area contributed by atoms with Crippen molar-refractivity contribution in [3.8, 4) is 22.6 Å². The zero-order valence-corrected chi connectivity index (χ0v) is 21.2. The van der Waals surface area contributed by atoms with Gasteiger partial charge in [-0.05, 0) is 73.4 Å². The number of hydrogen-bond donors (Lipinski definition) is 4. The van der Waals surface area contributed by atoms with E-state index in [1.54, 1.807) is 6.08 Å². The van der Waals surface area contributed by atoms with Crippen LogP contribution in [0.25, 0.3) is 11.1 Å². The van der Waals surface area contributed by atoms with E-state index in [0.717, 1.165) is 85.2 Å². The van der Waals surface area contributed by atoms with Gasteiger partial charge in [0.05, 0.1) is 12.2 Å². The first-order valence-electron chi connectivity index (χ1n) is 13.1. The van der Waals surface area contributed by atoms with Crippen molar-refractivity contribution >= 4 is 0 Å². The van der Waals surface area contributed by atoms with Crippen LogP contribution in [0.5, 0.6) is 11.5 Å². The quantitative estimate of drug-likeness (QED) is 0.394. The monoisotopic (exact) mass is 492 g/mol. The van der Waals surface area contributed by atoms with Crippen molar-refractivity contribution in [2.75, 3.05) is 26.2 Å². The molecule has 0 aromatic heterocycles. The third-order valence-corrected chi connectivity index (χ3v) is 7.47. The minimum absolute atomic E-state index is 0.237. The van der Waals surface area contributed by atoms with Crippen LogP contribution in [0, 0.1) is 0 Å². The Balaban J connectivity index is 1.71. The smallest absolute Gasteiger partial charge is 0.127 e. The highest BCUT2D eigenvalue weighted by Crippen LogP contribution is 2.39. The first-order valence-corrected chi connectivity index (χ1v) is 13.1. The Hall–Kier alpha value is -2.64. The lowest BCUT2D eigenvalue weighted by molar-refractivity contribution is 0.0787. The van der Waals surface area contributed by atoms with Crippen molar-refractivity contribution in [2.45, 2.75) is 63.8 Å². The SMILES string of the molecule is C=CCc1cc(CN2CCC(O)CC2)c(O)c(-c2cc(CC=C)c(O)c(CN3CCC(O)CC3)c2)c1. The summed E-state index contributed by atoms with van der Waals surface area (Å²) in [7, 11) is 0. The standard InChI is InChI=1S/C30H40N2O4/c1-3-5-21-15-24(19-31-11-7-26(33)8-12-31)30(36)28(16-21)23-17-22(6-4-2)29(35)25(18-23)20-32-13-9-27(34)10-14-32/h3-4,15-18,26-27,33-36H,1-2,5-14,19-20H2. The number of benzene rings is 2. The lowest BCUT2D eigenvalue weighted by Crippen LogP contribution is -2.35. The van der Waals surface area contributed by atoms with Gasteiger partial charge in [-0.1, -0.05) is 18.2 Å². The Morgan fingerprint density at radius 1 is 0.694 bits per heavy atom. The molecule has 4 N–H and O–H groups in total. The van der Waals surface area contributed by atoms with Crippen LogP contribution >= 0.6 is 0 Å². The van der Waals surface area contributed by atoms with E-state index in [1.165, 1.54) is 0 Å². The maximum Gasteiger partial charge on any atom is 0.127 e. The molecule has 0 amide bonds. The molecule has 36 heavy (non-hydrogen) atoms. The summed E-state index contributed by atoms with van der Waals surface area (Å²) < 4.78 is 0. The highest BCUT2D eigenvalue weighted by Gasteiger charge is 2.22. The number of allylic oxidation sites excluding steroid dienone is 2. The van der Waals surface area contributed by atoms with Crippen LogP contribution in [0.3, 0.4) is 0 Å². The Labute approximate surface area is 214 Å². The Morgan fingerprint density at radius 2 is 1.19 bits per heavy atom. The lowest BCUT2D eigenvalue weighted by atomic mass is 9.92. The summed E-state index contributed by atoms with van der Waals surface area (Å²) in [5.74, 6) is 0.537. The van der Waals surface area contributed by atoms with Gasteiger partial charge in [-0.15, -0.1) is 13.2 Å². The summed E-state index contributed by atoms with van der Waals surface area (Å²) in [6.07, 6.45) is 7.36. The Morgan fingerprint density at radius 3 is 1.72 bits per heavy atom. The van der Waals surface area contributed by atoms with Gasteiger partial charge in [-0.2, -0.15) is 0 Å². The van der Waals surface area contributed by atoms with Crippen LogP contribution < -0.4 is 0 Å². The van der Waals surface area contributed by atoms with E-state index in [2.05, 4.69) is 29.0 Å². The van der Waals surface area contributed by atoms with Crippen molar-refractivity contribution in [2.24, 2.45) is 0 Å². The number of nitrogens with zero attached hydrogens (tertiary/aromatic N) is 2. The van der Waals surface area contributed by atoms with Crippen molar-refractivity contribution in [1.82, 2.24) is 9.80 Å². The molecule has 2 fully saturated rings. The number of likely N-dealkylation sites (tertiary alicyclic amines) is 2. The molecular formula is C30H40N2O4. The molecule has 0 radical (unpaired) electrons. The number of piperidine rings is 2. The molecule has 0 atom stereocenters. The van der Waals surface area contributed by atoms with Gasteiger partial charge in [0, 0.05) is 56.0 Å². The molecule has 2 aromatic carbocycles. The van der Waals surface area contributed by atoms with Gasteiger partial charge >= 0.3 is 0 Å². The number of phenolic OH excluding ortho intramolecular Hbond substituents is 2. The van der Waals surface area contributed by atoms with Gasteiger partial charge in [-0.25, -0.2) is 0 Å². The molecule has 2 aromatic rings. The number of aliphatic hydroxyl groups excluding tert-OH is 2. The number of aliphatic hydroxyl groups is 2. The molecule has 194 valence electrons. The summed E-state index contributed by atoms with van der Waals surface area (Å²) in [4.78, 5) is 4.53. The normalized spacial score (nSPS) is 18.4. The van der Waals surface area contributed by atoms with E-state index in [0.29, 0.717) is 25.9 Å². The molecule has 0 aliphatic carbocycles. The van der Waals surface area contributed by atoms with Crippen LogP contribution in [0.2, 0.25) is 0 Å². The highest BCUT2D eigenvalue weighted by atomic mass is 16.3. The Kier molecular flexibility index (Phi) is 8.86. The van der Waals surface area contributed by atoms with Crippen molar-refractivity contribution in [3.05, 3.63) is 71.8 Å². The number of aromatic hydroxyl groups is 2. The molecular weight excluding hydrogens is 452 g/mol. The van der Waals surface area contributed by atoms with Gasteiger partial charge < -0.3 is 20.4 Å². The molecule has 6 nitrogen and oxygen atoms in total.